The quantitative estimate of drug-likeness (QED) is 0.746. The maximum absolute atomic E-state index is 4.80. The van der Waals surface area contributed by atoms with Gasteiger partial charge in [0.05, 0.1) is 5.69 Å². The number of nitrogens with zero attached hydrogens (tertiary/aromatic N) is 5. The van der Waals surface area contributed by atoms with Gasteiger partial charge >= 0.3 is 0 Å². The third-order valence-corrected chi connectivity index (χ3v) is 4.96. The van der Waals surface area contributed by atoms with E-state index in [1.165, 1.54) is 24.8 Å². The highest BCUT2D eigenvalue weighted by atomic mass is 15.1. The van der Waals surface area contributed by atoms with E-state index in [9.17, 15) is 0 Å². The Hall–Kier alpha value is -2.56. The summed E-state index contributed by atoms with van der Waals surface area (Å²) < 4.78 is 1.94. The molecule has 3 heterocycles. The number of hydrogen-bond acceptors (Lipinski definition) is 4. The summed E-state index contributed by atoms with van der Waals surface area (Å²) in [7, 11) is 0. The summed E-state index contributed by atoms with van der Waals surface area (Å²) in [5.74, 6) is 2.53. The molecule has 0 radical (unpaired) electrons. The van der Waals surface area contributed by atoms with E-state index in [2.05, 4.69) is 27.2 Å². The van der Waals surface area contributed by atoms with Crippen LogP contribution in [0.1, 0.15) is 43.3 Å². The van der Waals surface area contributed by atoms with E-state index < -0.39 is 0 Å². The van der Waals surface area contributed by atoms with Crippen LogP contribution in [0.25, 0.3) is 11.4 Å². The molecule has 3 aromatic heterocycles. The van der Waals surface area contributed by atoms with Crippen LogP contribution in [0.3, 0.4) is 0 Å². The first-order valence-corrected chi connectivity index (χ1v) is 8.21. The Labute approximate surface area is 135 Å². The van der Waals surface area contributed by atoms with Gasteiger partial charge in [0, 0.05) is 56.4 Å². The molecule has 0 aromatic carbocycles. The molecule has 2 aliphatic rings. The molecule has 0 unspecified atom stereocenters. The molecule has 23 heavy (non-hydrogen) atoms. The Bertz CT molecular complexity index is 926. The molecular weight excluding hydrogens is 286 g/mol. The molecule has 5 rings (SSSR count). The van der Waals surface area contributed by atoms with Gasteiger partial charge in [-0.05, 0) is 11.5 Å². The zero-order valence-electron chi connectivity index (χ0n) is 12.8. The number of imidazole rings is 1. The summed E-state index contributed by atoms with van der Waals surface area (Å²) >= 11 is 0. The average Bonchev–Trinajstić information content (AvgIpc) is 3.16. The van der Waals surface area contributed by atoms with Crippen molar-refractivity contribution in [3.05, 3.63) is 59.7 Å². The van der Waals surface area contributed by atoms with E-state index in [4.69, 9.17) is 4.98 Å². The third-order valence-electron chi connectivity index (χ3n) is 4.96. The molecule has 0 N–H and O–H groups in total. The smallest absolute Gasteiger partial charge is 0.233 e. The predicted molar refractivity (Wildman–Crippen MR) is 89.0 cm³/mol. The lowest BCUT2D eigenvalue weighted by Crippen LogP contribution is -2.16. The number of allylic oxidation sites excluding steroid dienone is 1. The van der Waals surface area contributed by atoms with E-state index >= 15 is 0 Å². The molecule has 5 heteroatoms. The Balaban J connectivity index is 0.00000146. The highest BCUT2D eigenvalue weighted by Gasteiger charge is 2.22. The second kappa shape index (κ2) is 4.98. The minimum Gasteiger partial charge on any atom is -0.291 e. The van der Waals surface area contributed by atoms with Crippen LogP contribution in [0.5, 0.6) is 0 Å². The molecule has 1 fully saturated rings. The minimum absolute atomic E-state index is 0. The standard InChI is InChI=1S/C18H17N5.H2/c1-2-12(3-1)8-17-20-10-15-14(4-5-16(15)22-17)13-9-21-18-19-6-7-23(18)11-13;/h4,6-7,9-12H,1-3,5,8H2;1H. The van der Waals surface area contributed by atoms with Gasteiger partial charge in [-0.1, -0.05) is 25.3 Å². The molecule has 0 atom stereocenters. The Morgan fingerprint density at radius 2 is 2.13 bits per heavy atom. The Kier molecular flexibility index (Phi) is 2.80. The van der Waals surface area contributed by atoms with Gasteiger partial charge < -0.3 is 0 Å². The molecule has 0 aliphatic heterocycles. The van der Waals surface area contributed by atoms with Crippen molar-refractivity contribution < 1.29 is 1.43 Å². The largest absolute Gasteiger partial charge is 0.291 e. The van der Waals surface area contributed by atoms with Gasteiger partial charge in [-0.3, -0.25) is 4.40 Å². The second-order valence-corrected chi connectivity index (χ2v) is 6.45. The number of rotatable bonds is 3. The van der Waals surface area contributed by atoms with Crippen molar-refractivity contribution in [2.75, 3.05) is 0 Å². The van der Waals surface area contributed by atoms with Crippen molar-refractivity contribution in [2.24, 2.45) is 5.92 Å². The molecule has 0 amide bonds. The van der Waals surface area contributed by atoms with Gasteiger partial charge in [-0.15, -0.1) is 0 Å². The van der Waals surface area contributed by atoms with Crippen molar-refractivity contribution in [3.63, 3.8) is 0 Å². The SMILES string of the molecule is C1=C(c2cnc3nccn3c2)c2cnc(CC3CCC3)nc2C1.[HH]. The first-order valence-electron chi connectivity index (χ1n) is 8.21. The van der Waals surface area contributed by atoms with Gasteiger partial charge in [-0.2, -0.15) is 0 Å². The molecule has 2 aliphatic carbocycles. The Morgan fingerprint density at radius 1 is 1.17 bits per heavy atom. The maximum atomic E-state index is 4.80. The van der Waals surface area contributed by atoms with E-state index in [0.29, 0.717) is 0 Å². The van der Waals surface area contributed by atoms with E-state index in [0.717, 1.165) is 47.2 Å². The van der Waals surface area contributed by atoms with Gasteiger partial charge in [0.25, 0.3) is 0 Å². The molecule has 1 saturated carbocycles. The summed E-state index contributed by atoms with van der Waals surface area (Å²) in [5, 5.41) is 0. The molecule has 5 nitrogen and oxygen atoms in total. The van der Waals surface area contributed by atoms with Crippen molar-refractivity contribution in [2.45, 2.75) is 32.1 Å². The number of hydrogen-bond donors (Lipinski definition) is 0. The molecule has 116 valence electrons. The molecular formula is C18H19N5. The first-order chi connectivity index (χ1) is 11.4. The van der Waals surface area contributed by atoms with Crippen molar-refractivity contribution in [1.82, 2.24) is 24.3 Å². The zero-order valence-corrected chi connectivity index (χ0v) is 12.8. The maximum Gasteiger partial charge on any atom is 0.233 e. The normalized spacial score (nSPS) is 17.1. The monoisotopic (exact) mass is 305 g/mol. The highest BCUT2D eigenvalue weighted by molar-refractivity contribution is 5.83. The topological polar surface area (TPSA) is 56.0 Å². The third kappa shape index (κ3) is 2.15. The lowest BCUT2D eigenvalue weighted by Gasteiger charge is -2.24. The summed E-state index contributed by atoms with van der Waals surface area (Å²) in [5.41, 5.74) is 4.56. The van der Waals surface area contributed by atoms with Crippen LogP contribution in [0, 0.1) is 5.92 Å². The van der Waals surface area contributed by atoms with Crippen LogP contribution in [-0.2, 0) is 12.8 Å². The second-order valence-electron chi connectivity index (χ2n) is 6.45. The lowest BCUT2D eigenvalue weighted by atomic mass is 9.83. The molecule has 0 saturated heterocycles. The number of fused-ring (bicyclic) bond motifs is 2. The predicted octanol–water partition coefficient (Wildman–Crippen LogP) is 3.10. The summed E-state index contributed by atoms with van der Waals surface area (Å²) in [6, 6.07) is 0. The zero-order chi connectivity index (χ0) is 15.2. The van der Waals surface area contributed by atoms with Crippen molar-refractivity contribution in [3.8, 4) is 0 Å². The summed E-state index contributed by atoms with van der Waals surface area (Å²) in [4.78, 5) is 18.0. The van der Waals surface area contributed by atoms with Crippen LogP contribution in [0.15, 0.2) is 37.1 Å². The fraction of sp³-hybridized carbons (Fsp3) is 0.333. The molecule has 0 bridgehead atoms. The van der Waals surface area contributed by atoms with E-state index in [1.807, 2.05) is 23.0 Å². The minimum atomic E-state index is 0. The van der Waals surface area contributed by atoms with Crippen LogP contribution >= 0.6 is 0 Å². The van der Waals surface area contributed by atoms with Gasteiger partial charge in [0.1, 0.15) is 5.82 Å². The highest BCUT2D eigenvalue weighted by Crippen LogP contribution is 2.32. The van der Waals surface area contributed by atoms with Gasteiger partial charge in [0.15, 0.2) is 0 Å². The summed E-state index contributed by atoms with van der Waals surface area (Å²) in [6.07, 6.45) is 17.8. The first kappa shape index (κ1) is 12.9. The van der Waals surface area contributed by atoms with Crippen molar-refractivity contribution >= 4 is 11.4 Å². The van der Waals surface area contributed by atoms with Gasteiger partial charge in [0.2, 0.25) is 5.78 Å². The van der Waals surface area contributed by atoms with Crippen LogP contribution in [-0.4, -0.2) is 24.3 Å². The molecule has 3 aromatic rings. The van der Waals surface area contributed by atoms with Crippen LogP contribution < -0.4 is 0 Å². The lowest BCUT2D eigenvalue weighted by molar-refractivity contribution is 0.309. The Morgan fingerprint density at radius 3 is 3.00 bits per heavy atom. The fourth-order valence-electron chi connectivity index (χ4n) is 3.43. The van der Waals surface area contributed by atoms with E-state index in [1.54, 1.807) is 6.20 Å². The van der Waals surface area contributed by atoms with Gasteiger partial charge in [-0.25, -0.2) is 19.9 Å². The van der Waals surface area contributed by atoms with Crippen LogP contribution in [0.4, 0.5) is 0 Å². The van der Waals surface area contributed by atoms with Crippen LogP contribution in [0.2, 0.25) is 0 Å². The number of aromatic nitrogens is 5. The van der Waals surface area contributed by atoms with Crippen molar-refractivity contribution in [1.29, 1.82) is 0 Å². The fourth-order valence-corrected chi connectivity index (χ4v) is 3.43. The molecule has 0 spiro atoms. The summed E-state index contributed by atoms with van der Waals surface area (Å²) in [6.45, 7) is 0. The van der Waals surface area contributed by atoms with E-state index in [-0.39, 0.29) is 1.43 Å². The average molecular weight is 305 g/mol.